The average Bonchev–Trinajstić information content (AvgIpc) is 2.41. The predicted molar refractivity (Wildman–Crippen MR) is 79.5 cm³/mol. The number of carbonyl (C=O) groups excluding carboxylic acids is 2. The summed E-state index contributed by atoms with van der Waals surface area (Å²) in [6.45, 7) is 2.18. The minimum atomic E-state index is -4.94. The molecule has 0 aromatic carbocycles. The van der Waals surface area contributed by atoms with Crippen molar-refractivity contribution in [2.45, 2.75) is 26.4 Å². The van der Waals surface area contributed by atoms with Gasteiger partial charge in [0.15, 0.2) is 0 Å². The fourth-order valence-corrected chi connectivity index (χ4v) is 1.85. The first-order chi connectivity index (χ1) is 9.99. The van der Waals surface area contributed by atoms with Crippen LogP contribution in [0.25, 0.3) is 0 Å². The van der Waals surface area contributed by atoms with Crippen molar-refractivity contribution in [2.75, 3.05) is 13.2 Å². The van der Waals surface area contributed by atoms with Crippen LogP contribution in [0.3, 0.4) is 0 Å². The Kier molecular flexibility index (Phi) is 8.91. The molecule has 2 amide bonds. The highest BCUT2D eigenvalue weighted by molar-refractivity contribution is 7.83. The summed E-state index contributed by atoms with van der Waals surface area (Å²) in [6, 6.07) is 0. The molecule has 0 spiro atoms. The number of aliphatic hydroxyl groups excluding tert-OH is 1. The minimum absolute atomic E-state index is 0.0140. The molecular weight excluding hydrogens is 335 g/mol. The highest BCUT2D eigenvalue weighted by Gasteiger charge is 2.34. The second kappa shape index (κ2) is 9.29. The summed E-state index contributed by atoms with van der Waals surface area (Å²) in [4.78, 5) is 42.0. The van der Waals surface area contributed by atoms with E-state index in [2.05, 4.69) is 27.8 Å². The quantitative estimate of drug-likeness (QED) is 0.260. The third-order valence-corrected chi connectivity index (χ3v) is 3.16. The Balaban J connectivity index is 4.29. The number of carbonyl (C=O) groups is 2. The molecule has 0 rings (SSSR count). The molecule has 0 heterocycles. The van der Waals surface area contributed by atoms with E-state index >= 15 is 0 Å². The second-order valence-electron chi connectivity index (χ2n) is 5.06. The maximum atomic E-state index is 11.7. The van der Waals surface area contributed by atoms with Gasteiger partial charge in [0, 0.05) is 24.6 Å². The first-order valence-corrected chi connectivity index (χ1v) is 8.23. The zero-order chi connectivity index (χ0) is 17.4. The van der Waals surface area contributed by atoms with E-state index in [1.165, 1.54) is 25.5 Å². The summed E-state index contributed by atoms with van der Waals surface area (Å²) in [5.74, 6) is -1.14. The van der Waals surface area contributed by atoms with Gasteiger partial charge in [-0.25, -0.2) is 0 Å². The van der Waals surface area contributed by atoms with Crippen molar-refractivity contribution in [1.82, 2.24) is 10.6 Å². The van der Waals surface area contributed by atoms with Crippen LogP contribution in [-0.2, 0) is 18.7 Å². The number of aliphatic hydroxyl groups is 1. The Morgan fingerprint density at radius 3 is 2.59 bits per heavy atom. The molecule has 0 aliphatic heterocycles. The van der Waals surface area contributed by atoms with Gasteiger partial charge in [-0.15, -0.1) is 12.6 Å². The molecule has 9 nitrogen and oxygen atoms in total. The number of amides is 2. The Bertz CT molecular complexity index is 463. The van der Waals surface area contributed by atoms with Gasteiger partial charge in [0.2, 0.25) is 11.8 Å². The largest absolute Gasteiger partial charge is 0.756 e. The lowest BCUT2D eigenvalue weighted by Crippen LogP contribution is -2.46. The van der Waals surface area contributed by atoms with Crippen molar-refractivity contribution in [1.29, 1.82) is 0 Å². The molecule has 0 aliphatic rings. The van der Waals surface area contributed by atoms with E-state index in [0.717, 1.165) is 0 Å². The lowest BCUT2D eigenvalue weighted by atomic mass is 9.87. The third kappa shape index (κ3) is 9.19. The summed E-state index contributed by atoms with van der Waals surface area (Å²) in [5, 5.41) is 15.9. The summed E-state index contributed by atoms with van der Waals surface area (Å²) >= 11 is 3.75. The van der Waals surface area contributed by atoms with Crippen LogP contribution in [0.2, 0.25) is 0 Å². The number of hydrogen-bond donors (Lipinski definition) is 5. The molecule has 128 valence electrons. The summed E-state index contributed by atoms with van der Waals surface area (Å²) in [7, 11) is -4.94. The Hall–Kier alpha value is -0.900. The summed E-state index contributed by atoms with van der Waals surface area (Å²) in [6.07, 6.45) is -0.280. The van der Waals surface area contributed by atoms with Crippen LogP contribution in [0, 0.1) is 5.41 Å². The fourth-order valence-electron chi connectivity index (χ4n) is 1.28. The average molecular weight is 355 g/mol. The second-order valence-corrected chi connectivity index (χ2v) is 6.55. The summed E-state index contributed by atoms with van der Waals surface area (Å²) in [5.41, 5.74) is -1.26. The number of rotatable bonds is 9. The van der Waals surface area contributed by atoms with Gasteiger partial charge in [0.1, 0.15) is 6.10 Å². The van der Waals surface area contributed by atoms with E-state index in [-0.39, 0.29) is 18.9 Å². The molecule has 0 saturated carbocycles. The molecule has 22 heavy (non-hydrogen) atoms. The van der Waals surface area contributed by atoms with E-state index < -0.39 is 31.9 Å². The zero-order valence-electron chi connectivity index (χ0n) is 12.2. The van der Waals surface area contributed by atoms with Gasteiger partial charge in [0.05, 0.1) is 6.61 Å². The first-order valence-electron chi connectivity index (χ1n) is 6.22. The highest BCUT2D eigenvalue weighted by Crippen LogP contribution is 2.34. The number of phosphoric acid groups is 1. The van der Waals surface area contributed by atoms with Crippen LogP contribution < -0.4 is 15.5 Å². The lowest BCUT2D eigenvalue weighted by Gasteiger charge is -2.31. The standard InChI is InChI=1S/C11H21N2O7PS/c1-11(2,7-20-21(17,18)19)9(15)10(16)13-4-3-8(14)12-5-6-22/h5-6,9,15,22H,3-4,7H2,1-2H3,(H,12,14)(H,13,16)(H2,17,18,19)/p-1/b6-5+/t9-/m0/s1. The number of thiol groups is 1. The maximum absolute atomic E-state index is 11.7. The van der Waals surface area contributed by atoms with Crippen molar-refractivity contribution in [3.8, 4) is 0 Å². The van der Waals surface area contributed by atoms with Crippen molar-refractivity contribution in [3.63, 3.8) is 0 Å². The van der Waals surface area contributed by atoms with Crippen LogP contribution in [0.4, 0.5) is 0 Å². The number of nitrogens with one attached hydrogen (secondary N) is 2. The van der Waals surface area contributed by atoms with Crippen molar-refractivity contribution >= 4 is 32.3 Å². The Morgan fingerprint density at radius 2 is 2.09 bits per heavy atom. The molecule has 0 radical (unpaired) electrons. The lowest BCUT2D eigenvalue weighted by molar-refractivity contribution is -0.223. The normalized spacial score (nSPS) is 16.1. The molecule has 11 heteroatoms. The Morgan fingerprint density at radius 1 is 1.50 bits per heavy atom. The monoisotopic (exact) mass is 355 g/mol. The SMILES string of the molecule is CC(C)(COP(=O)([O-])O)[C@@H](O)C(=O)NCCC(=O)N/C=C/S. The molecule has 0 fully saturated rings. The summed E-state index contributed by atoms with van der Waals surface area (Å²) < 4.78 is 14.7. The zero-order valence-corrected chi connectivity index (χ0v) is 14.0. The number of phosphoric ester groups is 1. The first kappa shape index (κ1) is 21.1. The fraction of sp³-hybridized carbons (Fsp3) is 0.636. The molecule has 0 saturated heterocycles. The highest BCUT2D eigenvalue weighted by atomic mass is 32.1. The van der Waals surface area contributed by atoms with Crippen molar-refractivity contribution < 1.29 is 33.6 Å². The van der Waals surface area contributed by atoms with Gasteiger partial charge < -0.3 is 30.1 Å². The van der Waals surface area contributed by atoms with Crippen LogP contribution in [0.1, 0.15) is 20.3 Å². The molecule has 1 unspecified atom stereocenters. The molecule has 2 atom stereocenters. The van der Waals surface area contributed by atoms with Gasteiger partial charge in [-0.1, -0.05) is 13.8 Å². The molecule has 0 aromatic heterocycles. The van der Waals surface area contributed by atoms with E-state index in [9.17, 15) is 24.2 Å². The van der Waals surface area contributed by atoms with E-state index in [1.54, 1.807) is 0 Å². The third-order valence-electron chi connectivity index (χ3n) is 2.56. The number of hydrogen-bond acceptors (Lipinski definition) is 7. The van der Waals surface area contributed by atoms with Crippen LogP contribution >= 0.6 is 20.5 Å². The van der Waals surface area contributed by atoms with Gasteiger partial charge in [-0.2, -0.15) is 0 Å². The van der Waals surface area contributed by atoms with Crippen LogP contribution in [0.5, 0.6) is 0 Å². The topological polar surface area (TPSA) is 148 Å². The van der Waals surface area contributed by atoms with E-state index in [1.807, 2.05) is 0 Å². The van der Waals surface area contributed by atoms with E-state index in [0.29, 0.717) is 0 Å². The predicted octanol–water partition coefficient (Wildman–Crippen LogP) is -1.13. The van der Waals surface area contributed by atoms with Gasteiger partial charge in [0.25, 0.3) is 7.82 Å². The van der Waals surface area contributed by atoms with Crippen molar-refractivity contribution in [3.05, 3.63) is 11.6 Å². The van der Waals surface area contributed by atoms with Crippen molar-refractivity contribution in [2.24, 2.45) is 5.41 Å². The van der Waals surface area contributed by atoms with Crippen LogP contribution in [0.15, 0.2) is 11.6 Å². The molecule has 0 aliphatic carbocycles. The van der Waals surface area contributed by atoms with Gasteiger partial charge in [-0.3, -0.25) is 14.2 Å². The van der Waals surface area contributed by atoms with E-state index in [4.69, 9.17) is 4.89 Å². The molecule has 4 N–H and O–H groups in total. The smallest absolute Gasteiger partial charge is 0.265 e. The minimum Gasteiger partial charge on any atom is -0.756 e. The van der Waals surface area contributed by atoms with Crippen LogP contribution in [-0.4, -0.2) is 41.1 Å². The van der Waals surface area contributed by atoms with Gasteiger partial charge in [-0.05, 0) is 5.41 Å². The Labute approximate surface area is 133 Å². The van der Waals surface area contributed by atoms with Gasteiger partial charge >= 0.3 is 0 Å². The maximum Gasteiger partial charge on any atom is 0.265 e. The molecule has 0 bridgehead atoms. The molecule has 0 aromatic rings. The molecular formula is C11H20N2O7PS-.